The second kappa shape index (κ2) is 7.80. The Morgan fingerprint density at radius 3 is 2.84 bits per heavy atom. The van der Waals surface area contributed by atoms with Crippen molar-refractivity contribution in [1.82, 2.24) is 10.2 Å². The maximum Gasteiger partial charge on any atom is 0.129 e. The molecule has 106 valence electrons. The molecule has 0 spiro atoms. The van der Waals surface area contributed by atoms with Gasteiger partial charge in [0, 0.05) is 30.2 Å². The third-order valence-electron chi connectivity index (χ3n) is 3.30. The van der Waals surface area contributed by atoms with E-state index in [0.29, 0.717) is 17.1 Å². The third kappa shape index (κ3) is 4.73. The first kappa shape index (κ1) is 14.7. The molecule has 1 heterocycles. The van der Waals surface area contributed by atoms with Crippen molar-refractivity contribution in [3.8, 4) is 0 Å². The van der Waals surface area contributed by atoms with Crippen LogP contribution in [0.15, 0.2) is 18.2 Å². The van der Waals surface area contributed by atoms with Crippen LogP contribution in [0.5, 0.6) is 0 Å². The van der Waals surface area contributed by atoms with Gasteiger partial charge in [0.25, 0.3) is 0 Å². The van der Waals surface area contributed by atoms with E-state index >= 15 is 0 Å². The van der Waals surface area contributed by atoms with E-state index in [-0.39, 0.29) is 5.82 Å². The Bertz CT molecular complexity index is 377. The van der Waals surface area contributed by atoms with Crippen LogP contribution in [0.4, 0.5) is 4.39 Å². The van der Waals surface area contributed by atoms with E-state index in [0.717, 1.165) is 45.8 Å². The van der Waals surface area contributed by atoms with Gasteiger partial charge < -0.3 is 10.1 Å². The lowest BCUT2D eigenvalue weighted by atomic mass is 10.2. The van der Waals surface area contributed by atoms with Crippen LogP contribution in [-0.4, -0.2) is 44.3 Å². The molecule has 0 atom stereocenters. The fourth-order valence-corrected chi connectivity index (χ4v) is 2.40. The first-order valence-electron chi connectivity index (χ1n) is 6.71. The molecule has 0 amide bonds. The van der Waals surface area contributed by atoms with Crippen LogP contribution in [0.2, 0.25) is 5.02 Å². The number of rotatable bonds is 6. The third-order valence-corrected chi connectivity index (χ3v) is 3.65. The van der Waals surface area contributed by atoms with E-state index < -0.39 is 0 Å². The summed E-state index contributed by atoms with van der Waals surface area (Å²) < 4.78 is 18.8. The summed E-state index contributed by atoms with van der Waals surface area (Å²) in [4.78, 5) is 2.39. The van der Waals surface area contributed by atoms with Gasteiger partial charge in [-0.2, -0.15) is 0 Å². The van der Waals surface area contributed by atoms with E-state index in [1.54, 1.807) is 12.1 Å². The summed E-state index contributed by atoms with van der Waals surface area (Å²) in [5.74, 6) is -0.242. The Labute approximate surface area is 118 Å². The van der Waals surface area contributed by atoms with Crippen molar-refractivity contribution in [2.75, 3.05) is 39.4 Å². The van der Waals surface area contributed by atoms with Gasteiger partial charge in [-0.05, 0) is 31.6 Å². The van der Waals surface area contributed by atoms with Crippen molar-refractivity contribution in [1.29, 1.82) is 0 Å². The van der Waals surface area contributed by atoms with E-state index in [4.69, 9.17) is 16.3 Å². The van der Waals surface area contributed by atoms with Crippen molar-refractivity contribution in [3.63, 3.8) is 0 Å². The number of halogens is 2. The molecule has 19 heavy (non-hydrogen) atoms. The molecule has 2 rings (SSSR count). The molecule has 3 nitrogen and oxygen atoms in total. The summed E-state index contributed by atoms with van der Waals surface area (Å²) in [5.41, 5.74) is 0.551. The van der Waals surface area contributed by atoms with Crippen molar-refractivity contribution in [2.24, 2.45) is 0 Å². The predicted octanol–water partition coefficient (Wildman–Crippen LogP) is 2.29. The monoisotopic (exact) mass is 286 g/mol. The lowest BCUT2D eigenvalue weighted by Crippen LogP contribution is -2.37. The molecular weight excluding hydrogens is 267 g/mol. The predicted molar refractivity (Wildman–Crippen MR) is 75.0 cm³/mol. The van der Waals surface area contributed by atoms with Crippen molar-refractivity contribution in [2.45, 2.75) is 13.0 Å². The van der Waals surface area contributed by atoms with Gasteiger partial charge in [0.1, 0.15) is 5.82 Å². The minimum atomic E-state index is -0.242. The summed E-state index contributed by atoms with van der Waals surface area (Å²) in [7, 11) is 0. The molecule has 0 aliphatic carbocycles. The van der Waals surface area contributed by atoms with E-state index in [9.17, 15) is 4.39 Å². The van der Waals surface area contributed by atoms with Gasteiger partial charge in [-0.25, -0.2) is 4.39 Å². The standard InChI is InChI=1S/C14H20ClFN2O/c15-13-3-1-4-14(16)12(13)11-17-5-2-6-18-7-9-19-10-8-18/h1,3-4,17H,2,5-11H2. The average Bonchev–Trinajstić information content (AvgIpc) is 2.42. The van der Waals surface area contributed by atoms with Gasteiger partial charge in [-0.3, -0.25) is 4.90 Å². The second-order valence-electron chi connectivity index (χ2n) is 4.68. The van der Waals surface area contributed by atoms with E-state index in [1.165, 1.54) is 6.07 Å². The van der Waals surface area contributed by atoms with Crippen LogP contribution >= 0.6 is 11.6 Å². The van der Waals surface area contributed by atoms with Gasteiger partial charge in [-0.1, -0.05) is 17.7 Å². The zero-order valence-electron chi connectivity index (χ0n) is 11.0. The smallest absolute Gasteiger partial charge is 0.129 e. The largest absolute Gasteiger partial charge is 0.379 e. The summed E-state index contributed by atoms with van der Waals surface area (Å²) in [5, 5.41) is 3.73. The van der Waals surface area contributed by atoms with Crippen LogP contribution in [0.3, 0.4) is 0 Å². The van der Waals surface area contributed by atoms with Crippen LogP contribution in [0, 0.1) is 5.82 Å². The fraction of sp³-hybridized carbons (Fsp3) is 0.571. The summed E-state index contributed by atoms with van der Waals surface area (Å²) >= 11 is 5.96. The van der Waals surface area contributed by atoms with E-state index in [1.807, 2.05) is 0 Å². The van der Waals surface area contributed by atoms with Crippen molar-refractivity contribution < 1.29 is 9.13 Å². The first-order chi connectivity index (χ1) is 9.27. The molecule has 1 saturated heterocycles. The average molecular weight is 287 g/mol. The molecule has 1 N–H and O–H groups in total. The highest BCUT2D eigenvalue weighted by Crippen LogP contribution is 2.18. The highest BCUT2D eigenvalue weighted by atomic mass is 35.5. The lowest BCUT2D eigenvalue weighted by Gasteiger charge is -2.26. The molecule has 0 unspecified atom stereocenters. The Kier molecular flexibility index (Phi) is 6.04. The van der Waals surface area contributed by atoms with E-state index in [2.05, 4.69) is 10.2 Å². The topological polar surface area (TPSA) is 24.5 Å². The first-order valence-corrected chi connectivity index (χ1v) is 7.09. The molecule has 1 aliphatic heterocycles. The van der Waals surface area contributed by atoms with Crippen molar-refractivity contribution >= 4 is 11.6 Å². The molecule has 5 heteroatoms. The molecule has 0 aromatic heterocycles. The lowest BCUT2D eigenvalue weighted by molar-refractivity contribution is 0.0374. The zero-order chi connectivity index (χ0) is 13.5. The molecular formula is C14H20ClFN2O. The van der Waals surface area contributed by atoms with Gasteiger partial charge >= 0.3 is 0 Å². The molecule has 0 saturated carbocycles. The van der Waals surface area contributed by atoms with Crippen LogP contribution in [-0.2, 0) is 11.3 Å². The molecule has 1 fully saturated rings. The highest BCUT2D eigenvalue weighted by Gasteiger charge is 2.09. The number of morpholine rings is 1. The number of benzene rings is 1. The highest BCUT2D eigenvalue weighted by molar-refractivity contribution is 6.31. The Hall–Kier alpha value is -0.680. The summed E-state index contributed by atoms with van der Waals surface area (Å²) in [6.45, 7) is 6.09. The van der Waals surface area contributed by atoms with Crippen LogP contribution < -0.4 is 5.32 Å². The minimum absolute atomic E-state index is 0.242. The van der Waals surface area contributed by atoms with Crippen LogP contribution in [0.1, 0.15) is 12.0 Å². The van der Waals surface area contributed by atoms with Gasteiger partial charge in [0.05, 0.1) is 13.2 Å². The summed E-state index contributed by atoms with van der Waals surface area (Å²) in [6, 6.07) is 4.78. The van der Waals surface area contributed by atoms with Gasteiger partial charge in [-0.15, -0.1) is 0 Å². The van der Waals surface area contributed by atoms with Crippen molar-refractivity contribution in [3.05, 3.63) is 34.6 Å². The minimum Gasteiger partial charge on any atom is -0.379 e. The normalized spacial score (nSPS) is 16.7. The summed E-state index contributed by atoms with van der Waals surface area (Å²) in [6.07, 6.45) is 1.05. The number of hydrogen-bond acceptors (Lipinski definition) is 3. The Morgan fingerprint density at radius 2 is 2.11 bits per heavy atom. The molecule has 1 aromatic rings. The number of ether oxygens (including phenoxy) is 1. The Balaban J connectivity index is 1.63. The maximum absolute atomic E-state index is 13.5. The number of nitrogens with zero attached hydrogens (tertiary/aromatic N) is 1. The number of hydrogen-bond donors (Lipinski definition) is 1. The maximum atomic E-state index is 13.5. The second-order valence-corrected chi connectivity index (χ2v) is 5.09. The molecule has 1 aromatic carbocycles. The SMILES string of the molecule is Fc1cccc(Cl)c1CNCCCN1CCOCC1. The van der Waals surface area contributed by atoms with Gasteiger partial charge in [0.15, 0.2) is 0 Å². The molecule has 1 aliphatic rings. The number of nitrogens with one attached hydrogen (secondary N) is 1. The molecule has 0 bridgehead atoms. The quantitative estimate of drug-likeness (QED) is 0.812. The zero-order valence-corrected chi connectivity index (χ0v) is 11.8. The molecule has 0 radical (unpaired) electrons. The fourth-order valence-electron chi connectivity index (χ4n) is 2.17. The van der Waals surface area contributed by atoms with Crippen LogP contribution in [0.25, 0.3) is 0 Å². The Morgan fingerprint density at radius 1 is 1.32 bits per heavy atom. The van der Waals surface area contributed by atoms with Gasteiger partial charge in [0.2, 0.25) is 0 Å².